The van der Waals surface area contributed by atoms with E-state index in [1.807, 2.05) is 6.92 Å². The Morgan fingerprint density at radius 2 is 1.82 bits per heavy atom. The monoisotopic (exact) mass is 703 g/mol. The number of aryl methyl sites for hydroxylation is 1. The molecule has 2 atom stereocenters. The first-order chi connectivity index (χ1) is 24.2. The Morgan fingerprint density at radius 3 is 2.56 bits per heavy atom. The molecule has 5 heterocycles. The minimum absolute atomic E-state index is 0.0359. The van der Waals surface area contributed by atoms with Gasteiger partial charge in [-0.25, -0.2) is 8.78 Å². The molecule has 1 aromatic heterocycles. The van der Waals surface area contributed by atoms with E-state index in [1.54, 1.807) is 18.2 Å². The second-order valence-electron chi connectivity index (χ2n) is 15.6. The molecule has 0 radical (unpaired) electrons. The second-order valence-corrected chi connectivity index (χ2v) is 16.1. The topological polar surface area (TPSA) is 83.0 Å². The maximum atomic E-state index is 17.2. The maximum Gasteiger partial charge on any atom is 0.319 e. The first-order valence-electron chi connectivity index (χ1n) is 18.3. The molecule has 5 aliphatic rings. The molecule has 9 rings (SSSR count). The van der Waals surface area contributed by atoms with Crippen molar-refractivity contribution in [3.8, 4) is 22.9 Å². The molecule has 11 heteroatoms. The SMILES string of the molecule is CCc1c(F)ccc2cc(O)cc(-c3c(Cl)cc4c(N5CC6CCC(C5)N6)nc(OCC5(CN6CCC7(CCOCC7)C6)CC5)nc4c3F)c12. The number of ether oxygens (including phenoxy) is 2. The van der Waals surface area contributed by atoms with Crippen LogP contribution in [0.5, 0.6) is 11.8 Å². The Bertz CT molecular complexity index is 1970. The van der Waals surface area contributed by atoms with Gasteiger partial charge in [-0.2, -0.15) is 9.97 Å². The van der Waals surface area contributed by atoms with E-state index < -0.39 is 5.82 Å². The predicted molar refractivity (Wildman–Crippen MR) is 191 cm³/mol. The Morgan fingerprint density at radius 1 is 1.04 bits per heavy atom. The quantitative estimate of drug-likeness (QED) is 0.199. The fourth-order valence-electron chi connectivity index (χ4n) is 9.32. The fraction of sp³-hybridized carbons (Fsp3) is 0.538. The first-order valence-corrected chi connectivity index (χ1v) is 18.7. The molecule has 2 N–H and O–H groups in total. The van der Waals surface area contributed by atoms with Crippen LogP contribution in [0.15, 0.2) is 30.3 Å². The van der Waals surface area contributed by atoms with E-state index in [4.69, 9.17) is 31.0 Å². The molecule has 264 valence electrons. The number of nitrogens with zero attached hydrogens (tertiary/aromatic N) is 4. The molecule has 1 aliphatic carbocycles. The maximum absolute atomic E-state index is 17.2. The highest BCUT2D eigenvalue weighted by Crippen LogP contribution is 2.50. The Labute approximate surface area is 296 Å². The number of benzene rings is 3. The van der Waals surface area contributed by atoms with Crippen molar-refractivity contribution in [1.29, 1.82) is 0 Å². The Kier molecular flexibility index (Phi) is 8.10. The summed E-state index contributed by atoms with van der Waals surface area (Å²) in [5, 5.41) is 16.2. The largest absolute Gasteiger partial charge is 0.508 e. The van der Waals surface area contributed by atoms with Gasteiger partial charge in [0.05, 0.1) is 11.6 Å². The molecular formula is C39H44ClF2N5O3. The van der Waals surface area contributed by atoms with Crippen LogP contribution < -0.4 is 15.0 Å². The van der Waals surface area contributed by atoms with Gasteiger partial charge in [0.25, 0.3) is 0 Å². The lowest BCUT2D eigenvalue weighted by Gasteiger charge is -2.34. The molecule has 4 saturated heterocycles. The lowest BCUT2D eigenvalue weighted by atomic mass is 9.80. The zero-order valence-corrected chi connectivity index (χ0v) is 29.3. The van der Waals surface area contributed by atoms with Gasteiger partial charge < -0.3 is 29.7 Å². The van der Waals surface area contributed by atoms with Crippen molar-refractivity contribution in [2.24, 2.45) is 10.8 Å². The summed E-state index contributed by atoms with van der Waals surface area (Å²) in [7, 11) is 0. The molecule has 50 heavy (non-hydrogen) atoms. The van der Waals surface area contributed by atoms with Gasteiger partial charge in [0.15, 0.2) is 5.82 Å². The number of likely N-dealkylation sites (tertiary alicyclic amines) is 1. The molecule has 0 amide bonds. The van der Waals surface area contributed by atoms with Gasteiger partial charge in [-0.05, 0) is 109 Å². The Balaban J connectivity index is 1.10. The van der Waals surface area contributed by atoms with Crippen LogP contribution in [0.2, 0.25) is 5.02 Å². The lowest BCUT2D eigenvalue weighted by molar-refractivity contribution is 0.0179. The number of rotatable bonds is 8. The van der Waals surface area contributed by atoms with Gasteiger partial charge in [-0.1, -0.05) is 24.6 Å². The minimum Gasteiger partial charge on any atom is -0.508 e. The molecule has 8 nitrogen and oxygen atoms in total. The summed E-state index contributed by atoms with van der Waals surface area (Å²) in [6.45, 7) is 8.72. The van der Waals surface area contributed by atoms with Crippen molar-refractivity contribution in [1.82, 2.24) is 20.2 Å². The van der Waals surface area contributed by atoms with E-state index in [9.17, 15) is 5.11 Å². The normalized spacial score (nSPS) is 24.1. The van der Waals surface area contributed by atoms with Crippen LogP contribution in [0.25, 0.3) is 32.8 Å². The number of fused-ring (bicyclic) bond motifs is 4. The zero-order valence-electron chi connectivity index (χ0n) is 28.5. The van der Waals surface area contributed by atoms with Gasteiger partial charge in [-0.15, -0.1) is 0 Å². The van der Waals surface area contributed by atoms with Crippen LogP contribution in [-0.2, 0) is 11.2 Å². The van der Waals surface area contributed by atoms with E-state index in [0.717, 1.165) is 84.5 Å². The molecule has 2 unspecified atom stereocenters. The summed E-state index contributed by atoms with van der Waals surface area (Å²) in [5.74, 6) is -0.473. The molecule has 5 fully saturated rings. The number of piperazine rings is 1. The van der Waals surface area contributed by atoms with E-state index in [-0.39, 0.29) is 39.1 Å². The average Bonchev–Trinajstić information content (AvgIpc) is 3.65. The molecule has 3 aromatic carbocycles. The minimum atomic E-state index is -0.641. The van der Waals surface area contributed by atoms with Crippen LogP contribution in [0.4, 0.5) is 14.6 Å². The summed E-state index contributed by atoms with van der Waals surface area (Å²) < 4.78 is 44.4. The van der Waals surface area contributed by atoms with E-state index in [0.29, 0.717) is 63.6 Å². The lowest BCUT2D eigenvalue weighted by Crippen LogP contribution is -2.51. The van der Waals surface area contributed by atoms with Crippen molar-refractivity contribution >= 4 is 39.1 Å². The summed E-state index contributed by atoms with van der Waals surface area (Å²) in [5.41, 5.74) is 1.36. The summed E-state index contributed by atoms with van der Waals surface area (Å²) in [6.07, 6.45) is 8.22. The third-order valence-electron chi connectivity index (χ3n) is 12.2. The van der Waals surface area contributed by atoms with Gasteiger partial charge >= 0.3 is 6.01 Å². The second kappa shape index (κ2) is 12.4. The van der Waals surface area contributed by atoms with Crippen LogP contribution >= 0.6 is 11.6 Å². The number of aromatic nitrogens is 2. The van der Waals surface area contributed by atoms with Gasteiger partial charge in [0.2, 0.25) is 0 Å². The van der Waals surface area contributed by atoms with Gasteiger partial charge in [-0.3, -0.25) is 0 Å². The van der Waals surface area contributed by atoms with Gasteiger partial charge in [0, 0.05) is 67.8 Å². The third-order valence-corrected chi connectivity index (χ3v) is 12.5. The van der Waals surface area contributed by atoms with Crippen molar-refractivity contribution in [3.05, 3.63) is 52.6 Å². The molecule has 4 aliphatic heterocycles. The van der Waals surface area contributed by atoms with Crippen LogP contribution in [0.1, 0.15) is 57.4 Å². The number of phenols is 1. The van der Waals surface area contributed by atoms with Crippen molar-refractivity contribution in [2.45, 2.75) is 70.4 Å². The number of phenolic OH excluding ortho intramolecular Hbond substituents is 1. The third kappa shape index (κ3) is 5.76. The van der Waals surface area contributed by atoms with E-state index in [2.05, 4.69) is 15.1 Å². The molecular weight excluding hydrogens is 660 g/mol. The molecule has 1 saturated carbocycles. The van der Waals surface area contributed by atoms with Gasteiger partial charge in [0.1, 0.15) is 22.9 Å². The summed E-state index contributed by atoms with van der Waals surface area (Å²) in [6, 6.07) is 8.55. The van der Waals surface area contributed by atoms with Crippen LogP contribution in [0, 0.1) is 22.5 Å². The first kappa shape index (κ1) is 32.6. The van der Waals surface area contributed by atoms with Crippen molar-refractivity contribution < 1.29 is 23.4 Å². The standard InChI is InChI=1S/C39H44ClF2N5O3/c1-2-27-31(41)6-3-23-15-26(48)16-28(32(23)27)33-30(40)17-29-35(34(33)42)44-37(45-36(29)47-18-24-4-5-25(19-47)43-24)50-22-39(7-8-39)21-46-12-9-38(20-46)10-13-49-14-11-38/h3,6,15-17,24-25,43,48H,2,4-5,7-14,18-22H2,1H3. The number of hydrogen-bond acceptors (Lipinski definition) is 8. The number of nitrogens with one attached hydrogen (secondary N) is 1. The van der Waals surface area contributed by atoms with Crippen molar-refractivity contribution in [3.63, 3.8) is 0 Å². The average molecular weight is 704 g/mol. The zero-order chi connectivity index (χ0) is 34.2. The molecule has 2 bridgehead atoms. The highest BCUT2D eigenvalue weighted by atomic mass is 35.5. The highest BCUT2D eigenvalue weighted by Gasteiger charge is 2.48. The Hall–Kier alpha value is -3.31. The van der Waals surface area contributed by atoms with Crippen LogP contribution in [0.3, 0.4) is 0 Å². The molecule has 4 aromatic rings. The fourth-order valence-corrected chi connectivity index (χ4v) is 9.61. The predicted octanol–water partition coefficient (Wildman–Crippen LogP) is 7.25. The molecule has 1 spiro atoms. The summed E-state index contributed by atoms with van der Waals surface area (Å²) in [4.78, 5) is 14.5. The number of hydrogen-bond donors (Lipinski definition) is 2. The number of aromatic hydroxyl groups is 1. The number of halogens is 3. The van der Waals surface area contributed by atoms with E-state index in [1.165, 1.54) is 18.6 Å². The highest BCUT2D eigenvalue weighted by molar-refractivity contribution is 6.35. The van der Waals surface area contributed by atoms with E-state index >= 15 is 8.78 Å². The smallest absolute Gasteiger partial charge is 0.319 e. The van der Waals surface area contributed by atoms with Crippen LogP contribution in [-0.4, -0.2) is 84.6 Å². The van der Waals surface area contributed by atoms with Crippen molar-refractivity contribution in [2.75, 3.05) is 57.4 Å². The summed E-state index contributed by atoms with van der Waals surface area (Å²) >= 11 is 6.97. The number of anilines is 1.